The number of carboxylic acid groups (broad SMARTS) is 1. The monoisotopic (exact) mass is 1260 g/mol. The highest BCUT2D eigenvalue weighted by atomic mass is 16.7. The highest BCUT2D eigenvalue weighted by Crippen LogP contribution is 2.20. The molecule has 0 aliphatic heterocycles. The van der Waals surface area contributed by atoms with Gasteiger partial charge in [0.05, 0.1) is 40.3 Å². The summed E-state index contributed by atoms with van der Waals surface area (Å²) in [6, 6.07) is 0. The lowest BCUT2D eigenvalue weighted by molar-refractivity contribution is -0.870. The molecule has 0 fully saturated rings. The van der Waals surface area contributed by atoms with Crippen LogP contribution >= 0.6 is 0 Å². The zero-order valence-corrected chi connectivity index (χ0v) is 60.3. The summed E-state index contributed by atoms with van der Waals surface area (Å²) in [4.78, 5) is 37.6. The Morgan fingerprint density at radius 1 is 0.344 bits per heavy atom. The Hall–Kier alpha value is -3.01. The average molecular weight is 1270 g/mol. The number of hydrogen-bond acceptors (Lipinski definition) is 8. The SMILES string of the molecule is CC/C=C\C/C=C\C/C=C\C/C=C\C/C=C\CCCCCCCCCCCCCCCCCCCCCCCCCC(=O)OC(COC(=O)CCCCCCCCCCCCCCCCCCCCCCCCCCCC)COC(OCC[N+](C)(C)C)C(=O)[O-]. The van der Waals surface area contributed by atoms with Crippen molar-refractivity contribution in [1.29, 1.82) is 0 Å². The maximum Gasteiger partial charge on any atom is 0.306 e. The van der Waals surface area contributed by atoms with Crippen LogP contribution in [0.3, 0.4) is 0 Å². The second-order valence-corrected chi connectivity index (χ2v) is 27.6. The molecule has 0 saturated heterocycles. The van der Waals surface area contributed by atoms with E-state index < -0.39 is 24.3 Å². The van der Waals surface area contributed by atoms with Gasteiger partial charge in [0.25, 0.3) is 0 Å². The Labute approximate surface area is 558 Å². The summed E-state index contributed by atoms with van der Waals surface area (Å²) in [5.41, 5.74) is 0. The van der Waals surface area contributed by atoms with E-state index in [9.17, 15) is 19.5 Å². The smallest absolute Gasteiger partial charge is 0.306 e. The molecule has 9 nitrogen and oxygen atoms in total. The van der Waals surface area contributed by atoms with Crippen LogP contribution in [-0.4, -0.2) is 82.3 Å². The first kappa shape index (κ1) is 87.0. The van der Waals surface area contributed by atoms with Crippen LogP contribution in [0.1, 0.15) is 380 Å². The number of likely N-dealkylation sites (N-methyl/N-ethyl adjacent to an activating group) is 1. The van der Waals surface area contributed by atoms with Gasteiger partial charge in [-0.3, -0.25) is 9.59 Å². The molecule has 0 aromatic carbocycles. The van der Waals surface area contributed by atoms with Gasteiger partial charge in [0, 0.05) is 12.8 Å². The van der Waals surface area contributed by atoms with Crippen molar-refractivity contribution in [1.82, 2.24) is 0 Å². The van der Waals surface area contributed by atoms with Crippen molar-refractivity contribution in [3.8, 4) is 0 Å². The molecule has 0 heterocycles. The molecule has 0 aliphatic rings. The van der Waals surface area contributed by atoms with Gasteiger partial charge in [0.1, 0.15) is 13.2 Å². The number of allylic oxidation sites excluding steroid dienone is 10. The predicted molar refractivity (Wildman–Crippen MR) is 385 cm³/mol. The quantitative estimate of drug-likeness (QED) is 0.0195. The van der Waals surface area contributed by atoms with E-state index >= 15 is 0 Å². The fourth-order valence-corrected chi connectivity index (χ4v) is 11.6. The van der Waals surface area contributed by atoms with E-state index in [1.165, 1.54) is 283 Å². The van der Waals surface area contributed by atoms with Crippen LogP contribution in [0, 0.1) is 0 Å². The summed E-state index contributed by atoms with van der Waals surface area (Å²) in [6.45, 7) is 4.71. The molecule has 0 spiro atoms. The topological polar surface area (TPSA) is 111 Å². The first-order valence-electron chi connectivity index (χ1n) is 38.9. The van der Waals surface area contributed by atoms with Crippen LogP contribution in [0.2, 0.25) is 0 Å². The number of carboxylic acids is 1. The molecule has 0 aromatic heterocycles. The number of ether oxygens (including phenoxy) is 4. The van der Waals surface area contributed by atoms with E-state index in [1.54, 1.807) is 0 Å². The second-order valence-electron chi connectivity index (χ2n) is 27.6. The summed E-state index contributed by atoms with van der Waals surface area (Å²) in [7, 11) is 5.95. The molecule has 0 N–H and O–H groups in total. The van der Waals surface area contributed by atoms with Crippen molar-refractivity contribution >= 4 is 17.9 Å². The molecule has 526 valence electrons. The fourth-order valence-electron chi connectivity index (χ4n) is 11.6. The lowest BCUT2D eigenvalue weighted by atomic mass is 10.0. The van der Waals surface area contributed by atoms with Gasteiger partial charge < -0.3 is 33.3 Å². The number of quaternary nitrogens is 1. The minimum absolute atomic E-state index is 0.151. The van der Waals surface area contributed by atoms with Crippen LogP contribution in [0.25, 0.3) is 0 Å². The number of carbonyl (C=O) groups is 3. The van der Waals surface area contributed by atoms with Crippen LogP contribution in [0.4, 0.5) is 0 Å². The van der Waals surface area contributed by atoms with Crippen molar-refractivity contribution in [3.05, 3.63) is 60.8 Å². The average Bonchev–Trinajstić information content (AvgIpc) is 3.65. The van der Waals surface area contributed by atoms with Crippen molar-refractivity contribution in [3.63, 3.8) is 0 Å². The first-order chi connectivity index (χ1) is 44.1. The molecular weight excluding hydrogens is 1110 g/mol. The standard InChI is InChI=1S/C81H149NO8/c1-6-8-10-12-14-16-18-20-22-24-26-28-30-32-34-35-36-37-38-39-40-41-42-43-44-45-46-48-50-52-54-56-58-60-62-64-66-68-70-72-79(84)90-77(76-89-81(80(85)86)87-74-73-82(3,4)5)75-88-78(83)71-69-67-65-63-61-59-57-55-53-51-49-47-33-31-29-27-25-23-21-19-17-15-13-11-9-7-2/h8,10,14,16,20,22,26,28,32,34,77,81H,6-7,9,11-13,15,17-19,21,23-25,27,29-31,33,35-76H2,1-5H3/b10-8-,16-14-,22-20-,28-26-,34-32-. The van der Waals surface area contributed by atoms with Crippen LogP contribution < -0.4 is 5.11 Å². The lowest BCUT2D eigenvalue weighted by Gasteiger charge is -2.26. The van der Waals surface area contributed by atoms with Crippen molar-refractivity contribution in [2.75, 3.05) is 47.5 Å². The van der Waals surface area contributed by atoms with Gasteiger partial charge >= 0.3 is 11.9 Å². The number of rotatable bonds is 73. The van der Waals surface area contributed by atoms with Gasteiger partial charge in [-0.05, 0) is 57.8 Å². The van der Waals surface area contributed by atoms with Gasteiger partial charge in [-0.15, -0.1) is 0 Å². The van der Waals surface area contributed by atoms with Gasteiger partial charge in [0.15, 0.2) is 12.4 Å². The number of unbranched alkanes of at least 4 members (excludes halogenated alkanes) is 48. The third-order valence-corrected chi connectivity index (χ3v) is 17.5. The Kier molecular flexibility index (Phi) is 69.4. The second kappa shape index (κ2) is 71.8. The number of aliphatic carboxylic acids is 1. The van der Waals surface area contributed by atoms with Crippen LogP contribution in [0.5, 0.6) is 0 Å². The van der Waals surface area contributed by atoms with Crippen LogP contribution in [0.15, 0.2) is 60.8 Å². The molecule has 0 saturated carbocycles. The number of hydrogen-bond donors (Lipinski definition) is 0. The van der Waals surface area contributed by atoms with Gasteiger partial charge in [-0.1, -0.05) is 370 Å². The van der Waals surface area contributed by atoms with Crippen molar-refractivity contribution < 1.29 is 42.9 Å². The fraction of sp³-hybridized carbons (Fsp3) is 0.840. The molecule has 0 aliphatic carbocycles. The first-order valence-corrected chi connectivity index (χ1v) is 38.9. The molecule has 2 unspecified atom stereocenters. The van der Waals surface area contributed by atoms with Gasteiger partial charge in [0.2, 0.25) is 0 Å². The maximum atomic E-state index is 13.0. The van der Waals surface area contributed by atoms with E-state index in [0.29, 0.717) is 17.4 Å². The van der Waals surface area contributed by atoms with E-state index in [-0.39, 0.29) is 32.2 Å². The highest BCUT2D eigenvalue weighted by Gasteiger charge is 2.22. The lowest BCUT2D eigenvalue weighted by Crippen LogP contribution is -2.44. The van der Waals surface area contributed by atoms with Crippen LogP contribution in [-0.2, 0) is 33.3 Å². The molecule has 9 heteroatoms. The molecular formula is C81H149NO8. The largest absolute Gasteiger partial charge is 0.545 e. The summed E-state index contributed by atoms with van der Waals surface area (Å²) in [5, 5.41) is 11.8. The molecule has 90 heavy (non-hydrogen) atoms. The summed E-state index contributed by atoms with van der Waals surface area (Å²) < 4.78 is 22.9. The van der Waals surface area contributed by atoms with E-state index in [2.05, 4.69) is 74.6 Å². The van der Waals surface area contributed by atoms with Gasteiger partial charge in [-0.25, -0.2) is 0 Å². The molecule has 0 aromatic rings. The van der Waals surface area contributed by atoms with E-state index in [4.69, 9.17) is 18.9 Å². The highest BCUT2D eigenvalue weighted by molar-refractivity contribution is 5.70. The molecule has 0 bridgehead atoms. The predicted octanol–water partition coefficient (Wildman–Crippen LogP) is 23.3. The number of nitrogens with zero attached hydrogens (tertiary/aromatic N) is 1. The molecule has 0 radical (unpaired) electrons. The third-order valence-electron chi connectivity index (χ3n) is 17.5. The zero-order chi connectivity index (χ0) is 65.4. The molecule has 0 amide bonds. The number of carbonyl (C=O) groups excluding carboxylic acids is 3. The summed E-state index contributed by atoms with van der Waals surface area (Å²) in [6.07, 6.45) is 92.0. The Morgan fingerprint density at radius 2 is 0.633 bits per heavy atom. The van der Waals surface area contributed by atoms with Gasteiger partial charge in [-0.2, -0.15) is 0 Å². The van der Waals surface area contributed by atoms with Crippen molar-refractivity contribution in [2.24, 2.45) is 0 Å². The molecule has 2 atom stereocenters. The summed E-state index contributed by atoms with van der Waals surface area (Å²) in [5.74, 6) is -2.25. The Balaban J connectivity index is 3.97. The van der Waals surface area contributed by atoms with E-state index in [1.807, 2.05) is 21.1 Å². The zero-order valence-electron chi connectivity index (χ0n) is 60.3. The minimum atomic E-state index is -1.62. The number of esters is 2. The Bertz CT molecular complexity index is 1660. The van der Waals surface area contributed by atoms with Crippen molar-refractivity contribution in [2.45, 2.75) is 392 Å². The molecule has 0 rings (SSSR count). The Morgan fingerprint density at radius 3 is 0.944 bits per heavy atom. The minimum Gasteiger partial charge on any atom is -0.545 e. The normalized spacial score (nSPS) is 12.9. The maximum absolute atomic E-state index is 13.0. The van der Waals surface area contributed by atoms with E-state index in [0.717, 1.165) is 70.6 Å². The summed E-state index contributed by atoms with van der Waals surface area (Å²) >= 11 is 0. The third kappa shape index (κ3) is 72.4.